The maximum atomic E-state index is 12.0. The van der Waals surface area contributed by atoms with Crippen molar-refractivity contribution in [1.82, 2.24) is 0 Å². The molecular formula is C12H7Br2NO3S. The number of thiophene rings is 1. The molecule has 19 heavy (non-hydrogen) atoms. The highest BCUT2D eigenvalue weighted by atomic mass is 79.9. The summed E-state index contributed by atoms with van der Waals surface area (Å²) in [5.74, 6) is -1.38. The summed E-state index contributed by atoms with van der Waals surface area (Å²) in [4.78, 5) is 23.3. The van der Waals surface area contributed by atoms with E-state index in [0.717, 1.165) is 20.3 Å². The van der Waals surface area contributed by atoms with Gasteiger partial charge in [-0.15, -0.1) is 11.3 Å². The van der Waals surface area contributed by atoms with Crippen LogP contribution in [0.3, 0.4) is 0 Å². The molecule has 0 atom stereocenters. The topological polar surface area (TPSA) is 66.4 Å². The Kier molecular flexibility index (Phi) is 4.38. The zero-order valence-electron chi connectivity index (χ0n) is 9.31. The Morgan fingerprint density at radius 2 is 1.63 bits per heavy atom. The van der Waals surface area contributed by atoms with Gasteiger partial charge in [0.1, 0.15) is 4.88 Å². The second-order valence-corrected chi connectivity index (χ2v) is 6.31. The highest BCUT2D eigenvalue weighted by Gasteiger charge is 2.15. The molecule has 0 aliphatic carbocycles. The van der Waals surface area contributed by atoms with E-state index in [1.165, 1.54) is 12.1 Å². The normalized spacial score (nSPS) is 10.2. The summed E-state index contributed by atoms with van der Waals surface area (Å²) in [5.41, 5.74) is 0.609. The van der Waals surface area contributed by atoms with Gasteiger partial charge in [0.25, 0.3) is 5.91 Å². The molecule has 2 N–H and O–H groups in total. The van der Waals surface area contributed by atoms with E-state index in [9.17, 15) is 9.59 Å². The molecule has 0 fully saturated rings. The molecule has 1 amide bonds. The lowest BCUT2D eigenvalue weighted by atomic mass is 10.3. The Bertz CT molecular complexity index is 634. The fraction of sp³-hybridized carbons (Fsp3) is 0. The van der Waals surface area contributed by atoms with Crippen molar-refractivity contribution in [2.24, 2.45) is 0 Å². The van der Waals surface area contributed by atoms with E-state index in [1.54, 1.807) is 12.1 Å². The molecule has 2 aromatic rings. The van der Waals surface area contributed by atoms with E-state index in [1.807, 2.05) is 6.07 Å². The third-order valence-electron chi connectivity index (χ3n) is 2.24. The van der Waals surface area contributed by atoms with Gasteiger partial charge in [0.2, 0.25) is 0 Å². The van der Waals surface area contributed by atoms with Crippen molar-refractivity contribution in [3.05, 3.63) is 49.0 Å². The maximum absolute atomic E-state index is 12.0. The Labute approximate surface area is 129 Å². The molecule has 0 aliphatic heterocycles. The summed E-state index contributed by atoms with van der Waals surface area (Å²) >= 11 is 7.62. The minimum absolute atomic E-state index is 0.136. The summed E-state index contributed by atoms with van der Waals surface area (Å²) in [5, 5.41) is 11.6. The number of rotatable bonds is 3. The first-order chi connectivity index (χ1) is 8.99. The number of nitrogens with one attached hydrogen (secondary N) is 1. The molecule has 0 saturated carbocycles. The number of benzene rings is 1. The van der Waals surface area contributed by atoms with E-state index < -0.39 is 5.97 Å². The van der Waals surface area contributed by atoms with Crippen LogP contribution < -0.4 is 5.32 Å². The van der Waals surface area contributed by atoms with Crippen LogP contribution in [0.1, 0.15) is 19.3 Å². The second kappa shape index (κ2) is 5.85. The quantitative estimate of drug-likeness (QED) is 0.804. The van der Waals surface area contributed by atoms with E-state index in [-0.39, 0.29) is 10.8 Å². The average Bonchev–Trinajstić information content (AvgIpc) is 2.83. The number of carbonyl (C=O) groups excluding carboxylic acids is 1. The molecule has 4 nitrogen and oxygen atoms in total. The SMILES string of the molecule is O=C(O)c1ccc(C(=O)Nc2c(Br)cccc2Br)s1. The summed E-state index contributed by atoms with van der Waals surface area (Å²) in [7, 11) is 0. The highest BCUT2D eigenvalue weighted by Crippen LogP contribution is 2.31. The molecule has 7 heteroatoms. The lowest BCUT2D eigenvalue weighted by Gasteiger charge is -2.08. The zero-order chi connectivity index (χ0) is 14.0. The van der Waals surface area contributed by atoms with Crippen LogP contribution in [0.2, 0.25) is 0 Å². The molecule has 98 valence electrons. The Morgan fingerprint density at radius 3 is 2.16 bits per heavy atom. The van der Waals surface area contributed by atoms with Crippen molar-refractivity contribution in [2.75, 3.05) is 5.32 Å². The average molecular weight is 405 g/mol. The predicted octanol–water partition coefficient (Wildman–Crippen LogP) is 4.22. The van der Waals surface area contributed by atoms with Crippen LogP contribution >= 0.6 is 43.2 Å². The van der Waals surface area contributed by atoms with Crippen molar-refractivity contribution in [2.45, 2.75) is 0 Å². The van der Waals surface area contributed by atoms with E-state index in [2.05, 4.69) is 37.2 Å². The van der Waals surface area contributed by atoms with E-state index in [0.29, 0.717) is 10.6 Å². The van der Waals surface area contributed by atoms with Gasteiger partial charge in [0, 0.05) is 8.95 Å². The number of hydrogen-bond donors (Lipinski definition) is 2. The van der Waals surface area contributed by atoms with Crippen LogP contribution in [-0.2, 0) is 0 Å². The first kappa shape index (κ1) is 14.2. The minimum atomic E-state index is -1.04. The Morgan fingerprint density at radius 1 is 1.05 bits per heavy atom. The summed E-state index contributed by atoms with van der Waals surface area (Å²) in [6, 6.07) is 8.34. The number of hydrogen-bond acceptors (Lipinski definition) is 3. The van der Waals surface area contributed by atoms with Crippen molar-refractivity contribution >= 4 is 60.8 Å². The van der Waals surface area contributed by atoms with Gasteiger partial charge in [0.15, 0.2) is 0 Å². The first-order valence-electron chi connectivity index (χ1n) is 5.07. The number of aromatic carboxylic acids is 1. The second-order valence-electron chi connectivity index (χ2n) is 3.52. The van der Waals surface area contributed by atoms with E-state index in [4.69, 9.17) is 5.11 Å². The molecule has 0 bridgehead atoms. The number of halogens is 2. The number of carboxylic acids is 1. The van der Waals surface area contributed by atoms with E-state index >= 15 is 0 Å². The van der Waals surface area contributed by atoms with Crippen molar-refractivity contribution in [1.29, 1.82) is 0 Å². The number of amides is 1. The lowest BCUT2D eigenvalue weighted by molar-refractivity contribution is 0.0702. The van der Waals surface area contributed by atoms with Crippen LogP contribution in [0.25, 0.3) is 0 Å². The standard InChI is InChI=1S/C12H7Br2NO3S/c13-6-2-1-3-7(14)10(6)15-11(16)8-4-5-9(19-8)12(17)18/h1-5H,(H,15,16)(H,17,18). The number of carbonyl (C=O) groups is 2. The van der Waals surface area contributed by atoms with Crippen LogP contribution in [-0.4, -0.2) is 17.0 Å². The van der Waals surface area contributed by atoms with Gasteiger partial charge < -0.3 is 10.4 Å². The predicted molar refractivity (Wildman–Crippen MR) is 81.1 cm³/mol. The van der Waals surface area contributed by atoms with Gasteiger partial charge >= 0.3 is 5.97 Å². The van der Waals surface area contributed by atoms with Crippen molar-refractivity contribution < 1.29 is 14.7 Å². The highest BCUT2D eigenvalue weighted by molar-refractivity contribution is 9.11. The Balaban J connectivity index is 2.23. The van der Waals surface area contributed by atoms with Gasteiger partial charge in [-0.1, -0.05) is 6.07 Å². The molecular weight excluding hydrogens is 398 g/mol. The molecule has 0 radical (unpaired) electrons. The largest absolute Gasteiger partial charge is 0.477 e. The smallest absolute Gasteiger partial charge is 0.345 e. The minimum Gasteiger partial charge on any atom is -0.477 e. The molecule has 0 unspecified atom stereocenters. The maximum Gasteiger partial charge on any atom is 0.345 e. The van der Waals surface area contributed by atoms with Crippen LogP contribution in [0, 0.1) is 0 Å². The first-order valence-corrected chi connectivity index (χ1v) is 7.48. The van der Waals surface area contributed by atoms with Crippen LogP contribution in [0.4, 0.5) is 5.69 Å². The monoisotopic (exact) mass is 403 g/mol. The third-order valence-corrected chi connectivity index (χ3v) is 4.64. The van der Waals surface area contributed by atoms with Gasteiger partial charge in [-0.2, -0.15) is 0 Å². The molecule has 1 heterocycles. The van der Waals surface area contributed by atoms with Gasteiger partial charge in [0.05, 0.1) is 10.6 Å². The Hall–Kier alpha value is -1.18. The van der Waals surface area contributed by atoms with Crippen molar-refractivity contribution in [3.63, 3.8) is 0 Å². The fourth-order valence-electron chi connectivity index (χ4n) is 1.37. The molecule has 0 aliphatic rings. The zero-order valence-corrected chi connectivity index (χ0v) is 13.3. The number of para-hydroxylation sites is 1. The lowest BCUT2D eigenvalue weighted by Crippen LogP contribution is -2.11. The summed E-state index contributed by atoms with van der Waals surface area (Å²) in [6.45, 7) is 0. The van der Waals surface area contributed by atoms with Crippen molar-refractivity contribution in [3.8, 4) is 0 Å². The molecule has 1 aromatic heterocycles. The molecule has 0 saturated heterocycles. The molecule has 0 spiro atoms. The van der Waals surface area contributed by atoms with Gasteiger partial charge in [-0.05, 0) is 56.1 Å². The fourth-order valence-corrected chi connectivity index (χ4v) is 3.30. The summed E-state index contributed by atoms with van der Waals surface area (Å²) in [6.07, 6.45) is 0. The van der Waals surface area contributed by atoms with Crippen LogP contribution in [0.15, 0.2) is 39.3 Å². The molecule has 1 aromatic carbocycles. The third kappa shape index (κ3) is 3.23. The van der Waals surface area contributed by atoms with Gasteiger partial charge in [-0.3, -0.25) is 4.79 Å². The summed E-state index contributed by atoms with van der Waals surface area (Å²) < 4.78 is 1.48. The molecule has 2 rings (SSSR count). The van der Waals surface area contributed by atoms with Crippen LogP contribution in [0.5, 0.6) is 0 Å². The van der Waals surface area contributed by atoms with Gasteiger partial charge in [-0.25, -0.2) is 4.79 Å². The number of carboxylic acid groups (broad SMARTS) is 1. The number of anilines is 1.